The highest BCUT2D eigenvalue weighted by atomic mass is 79.9. The smallest absolute Gasteiger partial charge is 0.00172 e. The lowest BCUT2D eigenvalue weighted by molar-refractivity contribution is 0.256. The van der Waals surface area contributed by atoms with Crippen LogP contribution in [0.15, 0.2) is 20.1 Å². The van der Waals surface area contributed by atoms with Crippen molar-refractivity contribution in [3.05, 3.63) is 20.1 Å². The van der Waals surface area contributed by atoms with Crippen LogP contribution >= 0.6 is 31.9 Å². The van der Waals surface area contributed by atoms with Gasteiger partial charge < -0.3 is 0 Å². The predicted octanol–water partition coefficient (Wildman–Crippen LogP) is 6.70. The Balaban J connectivity index is 1.42. The molecule has 2 heteroatoms. The van der Waals surface area contributed by atoms with Crippen molar-refractivity contribution < 1.29 is 0 Å². The first-order chi connectivity index (χ1) is 9.77. The highest BCUT2D eigenvalue weighted by Gasteiger charge is 2.42. The largest absolute Gasteiger partial charge is 0.0557 e. The molecule has 0 aromatic rings. The molecule has 110 valence electrons. The molecule has 0 spiro atoms. The summed E-state index contributed by atoms with van der Waals surface area (Å²) in [6.45, 7) is 0. The summed E-state index contributed by atoms with van der Waals surface area (Å²) in [6, 6.07) is 0. The molecule has 0 nitrogen and oxygen atoms in total. The molecule has 4 unspecified atom stereocenters. The summed E-state index contributed by atoms with van der Waals surface area (Å²) in [7, 11) is 0. The van der Waals surface area contributed by atoms with Crippen LogP contribution < -0.4 is 0 Å². The summed E-state index contributed by atoms with van der Waals surface area (Å²) in [5, 5.41) is 0. The Morgan fingerprint density at radius 1 is 0.600 bits per heavy atom. The van der Waals surface area contributed by atoms with Crippen LogP contribution in [0.25, 0.3) is 0 Å². The lowest BCUT2D eigenvalue weighted by atomic mass is 9.62. The summed E-state index contributed by atoms with van der Waals surface area (Å²) in [4.78, 5) is 0. The zero-order valence-electron chi connectivity index (χ0n) is 12.1. The summed E-state index contributed by atoms with van der Waals surface area (Å²) in [6.07, 6.45) is 14.3. The molecule has 0 N–H and O–H groups in total. The van der Waals surface area contributed by atoms with E-state index in [2.05, 4.69) is 31.9 Å². The molecule has 0 aromatic heterocycles. The molecule has 2 fully saturated rings. The maximum absolute atomic E-state index is 3.89. The predicted molar refractivity (Wildman–Crippen MR) is 92.0 cm³/mol. The molecule has 4 rings (SSSR count). The highest BCUT2D eigenvalue weighted by Crippen LogP contribution is 2.57. The first-order valence-corrected chi connectivity index (χ1v) is 10.1. The van der Waals surface area contributed by atoms with E-state index >= 15 is 0 Å². The van der Waals surface area contributed by atoms with Gasteiger partial charge in [0.05, 0.1) is 0 Å². The Morgan fingerprint density at radius 3 is 1.35 bits per heavy atom. The van der Waals surface area contributed by atoms with Gasteiger partial charge in [-0.2, -0.15) is 0 Å². The molecule has 0 amide bonds. The van der Waals surface area contributed by atoms with E-state index in [-0.39, 0.29) is 0 Å². The maximum atomic E-state index is 3.89. The number of halogens is 2. The average Bonchev–Trinajstić information content (AvgIpc) is 2.50. The van der Waals surface area contributed by atoms with E-state index in [1.807, 2.05) is 0 Å². The van der Waals surface area contributed by atoms with Gasteiger partial charge in [-0.15, -0.1) is 0 Å². The van der Waals surface area contributed by atoms with Crippen molar-refractivity contribution >= 4 is 31.9 Å². The third kappa shape index (κ3) is 2.12. The number of fused-ring (bicyclic) bond motifs is 2. The van der Waals surface area contributed by atoms with Crippen LogP contribution in [-0.4, -0.2) is 0 Å². The van der Waals surface area contributed by atoms with Crippen molar-refractivity contribution in [1.82, 2.24) is 0 Å². The van der Waals surface area contributed by atoms with Gasteiger partial charge >= 0.3 is 0 Å². The number of rotatable bonds is 3. The van der Waals surface area contributed by atoms with E-state index in [1.165, 1.54) is 64.2 Å². The van der Waals surface area contributed by atoms with Crippen LogP contribution in [0.4, 0.5) is 0 Å². The van der Waals surface area contributed by atoms with Crippen LogP contribution in [0.1, 0.15) is 64.2 Å². The number of hydrogen-bond donors (Lipinski definition) is 0. The van der Waals surface area contributed by atoms with Crippen LogP contribution in [0, 0.1) is 23.7 Å². The van der Waals surface area contributed by atoms with E-state index in [0.717, 1.165) is 23.7 Å². The van der Waals surface area contributed by atoms with Crippen LogP contribution in [-0.2, 0) is 0 Å². The zero-order valence-corrected chi connectivity index (χ0v) is 15.3. The minimum Gasteiger partial charge on any atom is -0.0557 e. The molecule has 4 aliphatic rings. The molecule has 4 aliphatic carbocycles. The normalized spacial score (nSPS) is 39.9. The Bertz CT molecular complexity index is 430. The van der Waals surface area contributed by atoms with Gasteiger partial charge in [-0.1, -0.05) is 68.7 Å². The van der Waals surface area contributed by atoms with E-state index in [1.54, 1.807) is 20.1 Å². The first kappa shape index (κ1) is 14.1. The van der Waals surface area contributed by atoms with Crippen LogP contribution in [0.2, 0.25) is 0 Å². The lowest BCUT2D eigenvalue weighted by Crippen LogP contribution is -2.34. The Morgan fingerprint density at radius 2 is 0.950 bits per heavy atom. The Labute approximate surface area is 139 Å². The summed E-state index contributed by atoms with van der Waals surface area (Å²) in [5.74, 6) is 3.69. The molecule has 0 bridgehead atoms. The standard InChI is InChI=1S/C18H24Br2/c19-17-13-7-3-1-5-11(13)15(17)9-10-16-12-6-2-4-8-14(12)18(16)20/h11-14H,1-10H2. The Hall–Kier alpha value is 0.440. The van der Waals surface area contributed by atoms with Gasteiger partial charge in [0.1, 0.15) is 0 Å². The lowest BCUT2D eigenvalue weighted by Gasteiger charge is -2.46. The fourth-order valence-corrected chi connectivity index (χ4v) is 7.30. The quantitative estimate of drug-likeness (QED) is 0.494. The highest BCUT2D eigenvalue weighted by molar-refractivity contribution is 9.12. The molecular formula is C18H24Br2. The summed E-state index contributed by atoms with van der Waals surface area (Å²) in [5.41, 5.74) is 3.56. The molecule has 0 saturated heterocycles. The molecular weight excluding hydrogens is 376 g/mol. The fourth-order valence-electron chi connectivity index (χ4n) is 5.22. The third-order valence-electron chi connectivity index (χ3n) is 6.36. The van der Waals surface area contributed by atoms with Gasteiger partial charge in [0.15, 0.2) is 0 Å². The fraction of sp³-hybridized carbons (Fsp3) is 0.778. The molecule has 0 aromatic carbocycles. The zero-order chi connectivity index (χ0) is 13.7. The molecule has 0 heterocycles. The van der Waals surface area contributed by atoms with Crippen molar-refractivity contribution in [1.29, 1.82) is 0 Å². The van der Waals surface area contributed by atoms with E-state index < -0.39 is 0 Å². The van der Waals surface area contributed by atoms with Gasteiger partial charge in [0.2, 0.25) is 0 Å². The van der Waals surface area contributed by atoms with E-state index in [0.29, 0.717) is 0 Å². The third-order valence-corrected chi connectivity index (χ3v) is 8.55. The van der Waals surface area contributed by atoms with E-state index in [4.69, 9.17) is 0 Å². The van der Waals surface area contributed by atoms with E-state index in [9.17, 15) is 0 Å². The van der Waals surface area contributed by atoms with Crippen molar-refractivity contribution in [3.63, 3.8) is 0 Å². The molecule has 2 saturated carbocycles. The minimum absolute atomic E-state index is 0.903. The molecule has 0 aliphatic heterocycles. The average molecular weight is 400 g/mol. The van der Waals surface area contributed by atoms with Crippen molar-refractivity contribution in [3.8, 4) is 0 Å². The first-order valence-electron chi connectivity index (χ1n) is 8.54. The van der Waals surface area contributed by atoms with Crippen LogP contribution in [0.3, 0.4) is 0 Å². The number of allylic oxidation sites excluding steroid dienone is 4. The van der Waals surface area contributed by atoms with Gasteiger partial charge in [0.25, 0.3) is 0 Å². The van der Waals surface area contributed by atoms with Crippen molar-refractivity contribution in [2.75, 3.05) is 0 Å². The topological polar surface area (TPSA) is 0 Å². The van der Waals surface area contributed by atoms with Gasteiger partial charge in [-0.25, -0.2) is 0 Å². The summed E-state index contributed by atoms with van der Waals surface area (Å²) < 4.78 is 3.19. The maximum Gasteiger partial charge on any atom is -0.00172 e. The van der Waals surface area contributed by atoms with Crippen LogP contribution in [0.5, 0.6) is 0 Å². The van der Waals surface area contributed by atoms with Crippen molar-refractivity contribution in [2.45, 2.75) is 64.2 Å². The second kappa shape index (κ2) is 5.57. The second-order valence-electron chi connectivity index (χ2n) is 7.24. The van der Waals surface area contributed by atoms with Gasteiger partial charge in [0, 0.05) is 0 Å². The summed E-state index contributed by atoms with van der Waals surface area (Å²) >= 11 is 7.79. The van der Waals surface area contributed by atoms with Gasteiger partial charge in [-0.05, 0) is 71.2 Å². The number of hydrogen-bond acceptors (Lipinski definition) is 0. The minimum atomic E-state index is 0.903. The molecule has 20 heavy (non-hydrogen) atoms. The SMILES string of the molecule is BrC1=C(CCC2=C(Br)C3CCCCC23)C2CCCCC12. The second-order valence-corrected chi connectivity index (χ2v) is 8.95. The Kier molecular flexibility index (Phi) is 3.92. The van der Waals surface area contributed by atoms with Gasteiger partial charge in [-0.3, -0.25) is 0 Å². The molecule has 4 atom stereocenters. The van der Waals surface area contributed by atoms with Crippen molar-refractivity contribution in [2.24, 2.45) is 23.7 Å². The monoisotopic (exact) mass is 398 g/mol. The molecule has 0 radical (unpaired) electrons.